The molecule has 2 aromatic rings. The number of rotatable bonds is 9. The summed E-state index contributed by atoms with van der Waals surface area (Å²) in [5, 5.41) is 0. The second kappa shape index (κ2) is 13.3. The Morgan fingerprint density at radius 1 is 1.03 bits per heavy atom. The molecule has 0 aliphatic carbocycles. The lowest BCUT2D eigenvalue weighted by Gasteiger charge is -2.10. The van der Waals surface area contributed by atoms with E-state index in [-0.39, 0.29) is 17.5 Å². The van der Waals surface area contributed by atoms with E-state index in [1.807, 2.05) is 12.1 Å². The van der Waals surface area contributed by atoms with E-state index in [4.69, 9.17) is 39.6 Å². The molecule has 11 nitrogen and oxygen atoms in total. The molecular formula is C17H22Br2N3O8PS. The van der Waals surface area contributed by atoms with Gasteiger partial charge < -0.3 is 30.9 Å². The molecule has 0 saturated carbocycles. The number of halogens is 2. The second-order valence-corrected chi connectivity index (χ2v) is 10.4. The quantitative estimate of drug-likeness (QED) is 0.0914. The van der Waals surface area contributed by atoms with Gasteiger partial charge >= 0.3 is 7.82 Å². The average molecular weight is 619 g/mol. The summed E-state index contributed by atoms with van der Waals surface area (Å²) in [4.78, 5) is 25.6. The van der Waals surface area contributed by atoms with Crippen molar-refractivity contribution >= 4 is 55.8 Å². The topological polar surface area (TPSA) is 195 Å². The minimum atomic E-state index is -4.64. The number of nitrogens with two attached hydrogens (primary N) is 2. The van der Waals surface area contributed by atoms with Crippen LogP contribution in [0.4, 0.5) is 0 Å². The van der Waals surface area contributed by atoms with Crippen molar-refractivity contribution in [3.05, 3.63) is 57.0 Å². The lowest BCUT2D eigenvalue weighted by atomic mass is 10.2. The molecule has 0 aliphatic rings. The maximum Gasteiger partial charge on any atom is 0.466 e. The Balaban J connectivity index is 0.000000920. The predicted molar refractivity (Wildman–Crippen MR) is 125 cm³/mol. The fourth-order valence-electron chi connectivity index (χ4n) is 2.02. The SMILES string of the molecule is NC(N)=NCc1ccc(OCCCOS(=O)(=O)c2ccc(Br)cc2)c(Br)c1.O=P(O)(O)O. The van der Waals surface area contributed by atoms with Crippen molar-refractivity contribution in [2.45, 2.75) is 17.9 Å². The molecule has 0 aromatic heterocycles. The first kappa shape index (κ1) is 28.5. The molecule has 0 fully saturated rings. The molecule has 0 unspecified atom stereocenters. The van der Waals surface area contributed by atoms with Crippen LogP contribution in [0.25, 0.3) is 0 Å². The highest BCUT2D eigenvalue weighted by Gasteiger charge is 2.14. The molecule has 0 amide bonds. The van der Waals surface area contributed by atoms with Gasteiger partial charge in [-0.2, -0.15) is 8.42 Å². The van der Waals surface area contributed by atoms with Crippen molar-refractivity contribution in [3.8, 4) is 5.75 Å². The summed E-state index contributed by atoms with van der Waals surface area (Å²) >= 11 is 6.68. The standard InChI is InChI=1S/C17H19Br2N3O4S.H3O4P/c18-13-3-5-14(6-4-13)27(23,24)26-9-1-8-25-16-7-2-12(10-15(16)19)11-22-17(20)21;1-5(2,3)4/h2-7,10H,1,8-9,11H2,(H4,20,21,22);(H3,1,2,3,4). The van der Waals surface area contributed by atoms with Crippen LogP contribution >= 0.6 is 39.7 Å². The van der Waals surface area contributed by atoms with Crippen LogP contribution in [0.15, 0.2) is 61.3 Å². The van der Waals surface area contributed by atoms with Gasteiger partial charge in [0.1, 0.15) is 5.75 Å². The third-order valence-electron chi connectivity index (χ3n) is 3.33. The van der Waals surface area contributed by atoms with Gasteiger partial charge in [-0.1, -0.05) is 22.0 Å². The summed E-state index contributed by atoms with van der Waals surface area (Å²) in [5.74, 6) is 0.670. The van der Waals surface area contributed by atoms with Crippen LogP contribution in [-0.2, 0) is 25.4 Å². The number of hydrogen-bond acceptors (Lipinski definition) is 6. The first-order chi connectivity index (χ1) is 14.8. The lowest BCUT2D eigenvalue weighted by Crippen LogP contribution is -2.22. The zero-order chi connectivity index (χ0) is 24.4. The Bertz CT molecular complexity index is 1050. The molecule has 0 radical (unpaired) electrons. The molecule has 0 heterocycles. The van der Waals surface area contributed by atoms with Crippen molar-refractivity contribution in [3.63, 3.8) is 0 Å². The minimum Gasteiger partial charge on any atom is -0.492 e. The molecule has 32 heavy (non-hydrogen) atoms. The molecule has 0 atom stereocenters. The smallest absolute Gasteiger partial charge is 0.466 e. The Hall–Kier alpha value is -1.51. The van der Waals surface area contributed by atoms with Crippen LogP contribution in [0.3, 0.4) is 0 Å². The van der Waals surface area contributed by atoms with E-state index in [2.05, 4.69) is 36.9 Å². The van der Waals surface area contributed by atoms with Gasteiger partial charge in [-0.25, -0.2) is 9.56 Å². The summed E-state index contributed by atoms with van der Waals surface area (Å²) in [5.41, 5.74) is 11.5. The second-order valence-electron chi connectivity index (χ2n) is 5.95. The highest BCUT2D eigenvalue weighted by atomic mass is 79.9. The van der Waals surface area contributed by atoms with Gasteiger partial charge in [0.2, 0.25) is 0 Å². The molecule has 0 bridgehead atoms. The largest absolute Gasteiger partial charge is 0.492 e. The lowest BCUT2D eigenvalue weighted by molar-refractivity contribution is 0.250. The van der Waals surface area contributed by atoms with Gasteiger partial charge in [0.15, 0.2) is 5.96 Å². The average Bonchev–Trinajstić information content (AvgIpc) is 2.66. The van der Waals surface area contributed by atoms with Crippen LogP contribution in [0.2, 0.25) is 0 Å². The van der Waals surface area contributed by atoms with E-state index in [0.29, 0.717) is 25.3 Å². The van der Waals surface area contributed by atoms with E-state index in [1.165, 1.54) is 12.1 Å². The van der Waals surface area contributed by atoms with E-state index >= 15 is 0 Å². The van der Waals surface area contributed by atoms with Crippen LogP contribution in [0.1, 0.15) is 12.0 Å². The fraction of sp³-hybridized carbons (Fsp3) is 0.235. The summed E-state index contributed by atoms with van der Waals surface area (Å²) < 4.78 is 45.2. The van der Waals surface area contributed by atoms with E-state index in [0.717, 1.165) is 14.5 Å². The molecule has 2 rings (SSSR count). The number of guanidine groups is 1. The normalized spacial score (nSPS) is 11.3. The molecule has 0 spiro atoms. The van der Waals surface area contributed by atoms with Crippen LogP contribution < -0.4 is 16.2 Å². The maximum atomic E-state index is 12.1. The van der Waals surface area contributed by atoms with Gasteiger partial charge in [0.25, 0.3) is 10.1 Å². The highest BCUT2D eigenvalue weighted by Crippen LogP contribution is 2.27. The van der Waals surface area contributed by atoms with Gasteiger partial charge in [0, 0.05) is 10.9 Å². The molecule has 178 valence electrons. The highest BCUT2D eigenvalue weighted by molar-refractivity contribution is 9.10. The number of phosphoric acid groups is 1. The zero-order valence-electron chi connectivity index (χ0n) is 16.5. The number of benzene rings is 2. The monoisotopic (exact) mass is 617 g/mol. The molecule has 7 N–H and O–H groups in total. The van der Waals surface area contributed by atoms with Crippen molar-refractivity contribution in [2.24, 2.45) is 16.5 Å². The van der Waals surface area contributed by atoms with Crippen LogP contribution in [0, 0.1) is 0 Å². The predicted octanol–water partition coefficient (Wildman–Crippen LogP) is 2.23. The zero-order valence-corrected chi connectivity index (χ0v) is 21.3. The third kappa shape index (κ3) is 12.5. The Labute approximate surface area is 202 Å². The minimum absolute atomic E-state index is 0.0264. The molecule has 15 heteroatoms. The van der Waals surface area contributed by atoms with Gasteiger partial charge in [-0.15, -0.1) is 0 Å². The molecule has 0 saturated heterocycles. The third-order valence-corrected chi connectivity index (χ3v) is 5.80. The first-order valence-corrected chi connectivity index (χ1v) is 13.2. The number of aliphatic imine (C=N–C) groups is 1. The van der Waals surface area contributed by atoms with Crippen molar-refractivity contribution < 1.29 is 36.6 Å². The molecular weight excluding hydrogens is 597 g/mol. The summed E-state index contributed by atoms with van der Waals surface area (Å²) in [6.45, 7) is 0.712. The van der Waals surface area contributed by atoms with Crippen molar-refractivity contribution in [1.29, 1.82) is 0 Å². The van der Waals surface area contributed by atoms with E-state index in [9.17, 15) is 8.42 Å². The van der Waals surface area contributed by atoms with E-state index in [1.54, 1.807) is 18.2 Å². The van der Waals surface area contributed by atoms with Gasteiger partial charge in [-0.3, -0.25) is 4.18 Å². The van der Waals surface area contributed by atoms with Crippen LogP contribution in [0.5, 0.6) is 5.75 Å². The maximum absolute atomic E-state index is 12.1. The summed E-state index contributed by atoms with van der Waals surface area (Å²) in [6, 6.07) is 11.8. The Morgan fingerprint density at radius 3 is 2.16 bits per heavy atom. The number of nitrogens with zero attached hydrogens (tertiary/aromatic N) is 1. The van der Waals surface area contributed by atoms with Crippen molar-refractivity contribution in [2.75, 3.05) is 13.2 Å². The Morgan fingerprint density at radius 2 is 1.62 bits per heavy atom. The van der Waals surface area contributed by atoms with E-state index < -0.39 is 17.9 Å². The van der Waals surface area contributed by atoms with Gasteiger partial charge in [0.05, 0.1) is 29.1 Å². The Kier molecular flexibility index (Phi) is 11.8. The van der Waals surface area contributed by atoms with Crippen molar-refractivity contribution in [1.82, 2.24) is 0 Å². The number of hydrogen-bond donors (Lipinski definition) is 5. The van der Waals surface area contributed by atoms with Gasteiger partial charge in [-0.05, 0) is 57.9 Å². The van der Waals surface area contributed by atoms with Crippen LogP contribution in [-0.4, -0.2) is 42.3 Å². The fourth-order valence-corrected chi connectivity index (χ4v) is 3.77. The first-order valence-electron chi connectivity index (χ1n) is 8.68. The summed E-state index contributed by atoms with van der Waals surface area (Å²) in [6.07, 6.45) is 0.415. The molecule has 2 aromatic carbocycles. The number of ether oxygens (including phenoxy) is 1. The molecule has 0 aliphatic heterocycles. The summed E-state index contributed by atoms with van der Waals surface area (Å²) in [7, 11) is -8.41.